The number of sulfonamides is 1. The van der Waals surface area contributed by atoms with Crippen molar-refractivity contribution in [1.82, 2.24) is 4.98 Å². The number of nitrogens with zero attached hydrogens (tertiary/aromatic N) is 1. The molecule has 0 spiro atoms. The molecule has 2 aromatic rings. The summed E-state index contributed by atoms with van der Waals surface area (Å²) in [6, 6.07) is 6.95. The van der Waals surface area contributed by atoms with Gasteiger partial charge in [-0.05, 0) is 62.5 Å². The highest BCUT2D eigenvalue weighted by Gasteiger charge is 2.21. The van der Waals surface area contributed by atoms with Crippen LogP contribution < -0.4 is 10.0 Å². The molecule has 0 saturated carbocycles. The van der Waals surface area contributed by atoms with E-state index in [1.54, 1.807) is 19.2 Å². The van der Waals surface area contributed by atoms with Crippen molar-refractivity contribution in [3.05, 3.63) is 45.0 Å². The van der Waals surface area contributed by atoms with E-state index in [2.05, 4.69) is 46.9 Å². The summed E-state index contributed by atoms with van der Waals surface area (Å²) in [4.78, 5) is 4.13. The summed E-state index contributed by atoms with van der Waals surface area (Å²) in [5.74, 6) is 0.287. The monoisotopic (exact) mass is 433 g/mol. The van der Waals surface area contributed by atoms with Gasteiger partial charge in [0.15, 0.2) is 0 Å². The molecule has 112 valence electrons. The molecule has 1 aromatic heterocycles. The summed E-state index contributed by atoms with van der Waals surface area (Å²) in [6.45, 7) is 1.89. The lowest BCUT2D eigenvalue weighted by Crippen LogP contribution is -2.16. The number of nitrogens with one attached hydrogen (secondary N) is 2. The van der Waals surface area contributed by atoms with E-state index in [1.807, 2.05) is 13.0 Å². The number of anilines is 2. The number of hydrogen-bond donors (Lipinski definition) is 2. The number of rotatable bonds is 4. The van der Waals surface area contributed by atoms with Gasteiger partial charge in [-0.1, -0.05) is 6.07 Å². The molecule has 1 heterocycles. The molecule has 21 heavy (non-hydrogen) atoms. The average Bonchev–Trinajstić information content (AvgIpc) is 2.42. The van der Waals surface area contributed by atoms with E-state index in [9.17, 15) is 8.42 Å². The zero-order valence-corrected chi connectivity index (χ0v) is 15.3. The highest BCUT2D eigenvalue weighted by Crippen LogP contribution is 2.29. The van der Waals surface area contributed by atoms with Crippen LogP contribution in [0.3, 0.4) is 0 Å². The van der Waals surface area contributed by atoms with Gasteiger partial charge in [0, 0.05) is 22.2 Å². The Morgan fingerprint density at radius 1 is 1.19 bits per heavy atom. The number of benzene rings is 1. The lowest BCUT2D eigenvalue weighted by Gasteiger charge is -2.13. The summed E-state index contributed by atoms with van der Waals surface area (Å²) >= 11 is 6.58. The van der Waals surface area contributed by atoms with E-state index < -0.39 is 10.0 Å². The smallest absolute Gasteiger partial charge is 0.265 e. The normalized spacial score (nSPS) is 11.2. The predicted octanol–water partition coefficient (Wildman–Crippen LogP) is 3.76. The molecular weight excluding hydrogens is 422 g/mol. The second kappa shape index (κ2) is 6.33. The molecule has 0 unspecified atom stereocenters. The van der Waals surface area contributed by atoms with Crippen molar-refractivity contribution < 1.29 is 8.42 Å². The zero-order valence-electron chi connectivity index (χ0n) is 11.3. The van der Waals surface area contributed by atoms with Crippen LogP contribution in [-0.2, 0) is 10.0 Å². The molecule has 0 aliphatic rings. The van der Waals surface area contributed by atoms with E-state index in [-0.39, 0.29) is 10.7 Å². The Bertz CT molecular complexity index is 779. The molecule has 0 aliphatic carbocycles. The number of pyridine rings is 1. The Labute approximate surface area is 140 Å². The molecule has 0 bridgehead atoms. The molecule has 0 radical (unpaired) electrons. The second-order valence-corrected chi connectivity index (χ2v) is 7.76. The van der Waals surface area contributed by atoms with Gasteiger partial charge in [-0.2, -0.15) is 0 Å². The Balaban J connectivity index is 2.48. The lowest BCUT2D eigenvalue weighted by molar-refractivity contribution is 0.601. The summed E-state index contributed by atoms with van der Waals surface area (Å²) in [5, 5.41) is 2.78. The van der Waals surface area contributed by atoms with Crippen molar-refractivity contribution in [2.45, 2.75) is 11.8 Å². The van der Waals surface area contributed by atoms with Crippen molar-refractivity contribution in [3.63, 3.8) is 0 Å². The van der Waals surface area contributed by atoms with Gasteiger partial charge in [0.1, 0.15) is 10.7 Å². The molecular formula is C13H13Br2N3O2S. The summed E-state index contributed by atoms with van der Waals surface area (Å²) < 4.78 is 29.0. The van der Waals surface area contributed by atoms with Crippen molar-refractivity contribution in [1.29, 1.82) is 0 Å². The minimum absolute atomic E-state index is 0.0766. The summed E-state index contributed by atoms with van der Waals surface area (Å²) in [7, 11) is -2.13. The van der Waals surface area contributed by atoms with Gasteiger partial charge in [0.05, 0.1) is 5.69 Å². The first-order chi connectivity index (χ1) is 9.83. The van der Waals surface area contributed by atoms with Crippen molar-refractivity contribution >= 4 is 53.4 Å². The van der Waals surface area contributed by atoms with Gasteiger partial charge in [0.25, 0.3) is 10.0 Å². The van der Waals surface area contributed by atoms with E-state index in [0.29, 0.717) is 14.6 Å². The second-order valence-electron chi connectivity index (χ2n) is 4.34. The third-order valence-corrected chi connectivity index (χ3v) is 5.22. The van der Waals surface area contributed by atoms with Crippen LogP contribution in [0.5, 0.6) is 0 Å². The third kappa shape index (κ3) is 3.75. The van der Waals surface area contributed by atoms with Gasteiger partial charge in [0.2, 0.25) is 0 Å². The van der Waals surface area contributed by atoms with Crippen LogP contribution in [-0.4, -0.2) is 20.4 Å². The van der Waals surface area contributed by atoms with E-state index in [1.165, 1.54) is 12.3 Å². The first-order valence-corrected chi connectivity index (χ1v) is 9.02. The average molecular weight is 435 g/mol. The maximum atomic E-state index is 12.6. The number of aromatic nitrogens is 1. The Morgan fingerprint density at radius 2 is 1.90 bits per heavy atom. The lowest BCUT2D eigenvalue weighted by atomic mass is 10.2. The minimum atomic E-state index is -3.75. The van der Waals surface area contributed by atoms with Crippen molar-refractivity contribution in [2.24, 2.45) is 0 Å². The highest BCUT2D eigenvalue weighted by molar-refractivity contribution is 9.10. The predicted molar refractivity (Wildman–Crippen MR) is 91.2 cm³/mol. The van der Waals surface area contributed by atoms with Crippen LogP contribution in [0.4, 0.5) is 11.5 Å². The van der Waals surface area contributed by atoms with Gasteiger partial charge in [-0.15, -0.1) is 0 Å². The third-order valence-electron chi connectivity index (χ3n) is 2.71. The molecule has 5 nitrogen and oxygen atoms in total. The summed E-state index contributed by atoms with van der Waals surface area (Å²) in [5.41, 5.74) is 1.44. The zero-order chi connectivity index (χ0) is 15.6. The molecule has 2 rings (SSSR count). The van der Waals surface area contributed by atoms with Gasteiger partial charge >= 0.3 is 0 Å². The molecule has 0 fully saturated rings. The van der Waals surface area contributed by atoms with Crippen LogP contribution in [0.2, 0.25) is 0 Å². The number of halogens is 2. The molecule has 0 amide bonds. The first kappa shape index (κ1) is 16.3. The van der Waals surface area contributed by atoms with Gasteiger partial charge < -0.3 is 5.32 Å². The molecule has 2 N–H and O–H groups in total. The van der Waals surface area contributed by atoms with Gasteiger partial charge in [-0.25, -0.2) is 13.4 Å². The Kier molecular flexibility index (Phi) is 4.90. The SMILES string of the molecule is CNc1ncc(Br)cc1S(=O)(=O)Nc1cc(C)ccc1Br. The summed E-state index contributed by atoms with van der Waals surface area (Å²) in [6.07, 6.45) is 1.54. The van der Waals surface area contributed by atoms with Crippen molar-refractivity contribution in [2.75, 3.05) is 17.1 Å². The number of hydrogen-bond acceptors (Lipinski definition) is 4. The minimum Gasteiger partial charge on any atom is -0.372 e. The number of aryl methyl sites for hydroxylation is 1. The van der Waals surface area contributed by atoms with Crippen LogP contribution >= 0.6 is 31.9 Å². The largest absolute Gasteiger partial charge is 0.372 e. The molecule has 0 atom stereocenters. The Morgan fingerprint density at radius 3 is 2.57 bits per heavy atom. The van der Waals surface area contributed by atoms with Crippen LogP contribution in [0.1, 0.15) is 5.56 Å². The van der Waals surface area contributed by atoms with E-state index in [4.69, 9.17) is 0 Å². The van der Waals surface area contributed by atoms with E-state index >= 15 is 0 Å². The van der Waals surface area contributed by atoms with E-state index in [0.717, 1.165) is 5.56 Å². The van der Waals surface area contributed by atoms with Gasteiger partial charge in [-0.3, -0.25) is 4.72 Å². The van der Waals surface area contributed by atoms with Crippen molar-refractivity contribution in [3.8, 4) is 0 Å². The van der Waals surface area contributed by atoms with Crippen LogP contribution in [0.15, 0.2) is 44.3 Å². The standard InChI is InChI=1S/C13H13Br2N3O2S/c1-8-3-4-10(15)11(5-8)18-21(19,20)12-6-9(14)7-17-13(12)16-2/h3-7,18H,1-2H3,(H,16,17). The maximum absolute atomic E-state index is 12.6. The molecule has 1 aromatic carbocycles. The Hall–Kier alpha value is -1.12. The quantitative estimate of drug-likeness (QED) is 0.768. The highest BCUT2D eigenvalue weighted by atomic mass is 79.9. The molecule has 0 aliphatic heterocycles. The molecule has 8 heteroatoms. The fourth-order valence-corrected chi connectivity index (χ4v) is 3.95. The molecule has 0 saturated heterocycles. The fourth-order valence-electron chi connectivity index (χ4n) is 1.73. The fraction of sp³-hybridized carbons (Fsp3) is 0.154. The maximum Gasteiger partial charge on any atom is 0.265 e. The van der Waals surface area contributed by atoms with Crippen LogP contribution in [0, 0.1) is 6.92 Å². The van der Waals surface area contributed by atoms with Crippen LogP contribution in [0.25, 0.3) is 0 Å². The first-order valence-electron chi connectivity index (χ1n) is 5.96. The topological polar surface area (TPSA) is 71.1 Å².